The zero-order valence-electron chi connectivity index (χ0n) is 9.63. The van der Waals surface area contributed by atoms with E-state index < -0.39 is 0 Å². The highest BCUT2D eigenvalue weighted by atomic mass is 14.8. The van der Waals surface area contributed by atoms with Crippen LogP contribution in [0.4, 0.5) is 5.69 Å². The van der Waals surface area contributed by atoms with Gasteiger partial charge in [-0.2, -0.15) is 0 Å². The van der Waals surface area contributed by atoms with Crippen LogP contribution in [0.3, 0.4) is 0 Å². The fourth-order valence-electron chi connectivity index (χ4n) is 2.60. The van der Waals surface area contributed by atoms with Gasteiger partial charge in [-0.05, 0) is 43.0 Å². The molecule has 3 heteroatoms. The van der Waals surface area contributed by atoms with Crippen LogP contribution in [0, 0.1) is 0 Å². The molecule has 3 nitrogen and oxygen atoms in total. The van der Waals surface area contributed by atoms with Gasteiger partial charge in [0, 0.05) is 18.3 Å². The molecule has 0 aromatic carbocycles. The maximum Gasteiger partial charge on any atom is 0.0723 e. The van der Waals surface area contributed by atoms with E-state index >= 15 is 0 Å². The molecule has 0 saturated heterocycles. The number of nitrogens with zero attached hydrogens (tertiary/aromatic N) is 2. The lowest BCUT2D eigenvalue weighted by Gasteiger charge is -2.24. The molecule has 0 saturated carbocycles. The van der Waals surface area contributed by atoms with Gasteiger partial charge in [0.1, 0.15) is 0 Å². The van der Waals surface area contributed by atoms with E-state index in [-0.39, 0.29) is 5.92 Å². The Morgan fingerprint density at radius 3 is 2.65 bits per heavy atom. The molecule has 2 N–H and O–H groups in total. The van der Waals surface area contributed by atoms with Crippen molar-refractivity contribution in [1.29, 1.82) is 0 Å². The molecular formula is C14H15N3. The van der Waals surface area contributed by atoms with Crippen LogP contribution in [-0.4, -0.2) is 9.97 Å². The first-order valence-electron chi connectivity index (χ1n) is 6.00. The largest absolute Gasteiger partial charge is 0.397 e. The summed E-state index contributed by atoms with van der Waals surface area (Å²) in [6, 6.07) is 7.96. The lowest BCUT2D eigenvalue weighted by Crippen LogP contribution is -2.15. The minimum atomic E-state index is 0.265. The molecule has 17 heavy (non-hydrogen) atoms. The van der Waals surface area contributed by atoms with Crippen LogP contribution < -0.4 is 5.73 Å². The van der Waals surface area contributed by atoms with Gasteiger partial charge < -0.3 is 5.73 Å². The van der Waals surface area contributed by atoms with Crippen molar-refractivity contribution in [3.63, 3.8) is 0 Å². The number of fused-ring (bicyclic) bond motifs is 1. The predicted molar refractivity (Wildman–Crippen MR) is 67.7 cm³/mol. The summed E-state index contributed by atoms with van der Waals surface area (Å²) >= 11 is 0. The fraction of sp³-hybridized carbons (Fsp3) is 0.286. The van der Waals surface area contributed by atoms with Crippen molar-refractivity contribution in [2.75, 3.05) is 5.73 Å². The van der Waals surface area contributed by atoms with Crippen molar-refractivity contribution in [3.8, 4) is 0 Å². The first kappa shape index (κ1) is 10.3. The molecule has 86 valence electrons. The maximum atomic E-state index is 6.02. The van der Waals surface area contributed by atoms with E-state index in [1.165, 1.54) is 12.0 Å². The molecule has 0 fully saturated rings. The van der Waals surface area contributed by atoms with Crippen molar-refractivity contribution >= 4 is 5.69 Å². The Balaban J connectivity index is 2.09. The van der Waals surface area contributed by atoms with E-state index in [0.29, 0.717) is 0 Å². The zero-order chi connectivity index (χ0) is 11.7. The molecule has 2 aromatic rings. The normalized spacial score (nSPS) is 18.7. The van der Waals surface area contributed by atoms with Gasteiger partial charge >= 0.3 is 0 Å². The first-order chi connectivity index (χ1) is 8.36. The molecular weight excluding hydrogens is 210 g/mol. The first-order valence-corrected chi connectivity index (χ1v) is 6.00. The molecule has 0 spiro atoms. The fourth-order valence-corrected chi connectivity index (χ4v) is 2.60. The Labute approximate surface area is 101 Å². The third-order valence-corrected chi connectivity index (χ3v) is 3.40. The highest BCUT2D eigenvalue weighted by Crippen LogP contribution is 2.36. The predicted octanol–water partition coefficient (Wildman–Crippen LogP) is 2.53. The van der Waals surface area contributed by atoms with Gasteiger partial charge in [0.05, 0.1) is 17.1 Å². The van der Waals surface area contributed by atoms with Gasteiger partial charge in [-0.3, -0.25) is 9.97 Å². The Bertz CT molecular complexity index is 536. The van der Waals surface area contributed by atoms with E-state index in [0.717, 1.165) is 29.9 Å². The van der Waals surface area contributed by atoms with Gasteiger partial charge in [-0.1, -0.05) is 6.07 Å². The minimum absolute atomic E-state index is 0.265. The number of nitrogen functional groups attached to an aromatic ring is 1. The molecule has 2 heterocycles. The number of hydrogen-bond donors (Lipinski definition) is 1. The monoisotopic (exact) mass is 225 g/mol. The molecule has 1 atom stereocenters. The van der Waals surface area contributed by atoms with Gasteiger partial charge in [0.2, 0.25) is 0 Å². The number of aromatic nitrogens is 2. The summed E-state index contributed by atoms with van der Waals surface area (Å²) in [6.07, 6.45) is 7.05. The lowest BCUT2D eigenvalue weighted by atomic mass is 9.84. The molecule has 0 aliphatic heterocycles. The Morgan fingerprint density at radius 1 is 1.06 bits per heavy atom. The molecule has 0 radical (unpaired) electrons. The van der Waals surface area contributed by atoms with Crippen LogP contribution in [0.15, 0.2) is 36.7 Å². The van der Waals surface area contributed by atoms with Crippen molar-refractivity contribution in [2.45, 2.75) is 25.2 Å². The Morgan fingerprint density at radius 2 is 1.82 bits per heavy atom. The van der Waals surface area contributed by atoms with Crippen molar-refractivity contribution in [3.05, 3.63) is 53.6 Å². The van der Waals surface area contributed by atoms with Gasteiger partial charge in [0.25, 0.3) is 0 Å². The van der Waals surface area contributed by atoms with E-state index in [4.69, 9.17) is 5.73 Å². The van der Waals surface area contributed by atoms with E-state index in [2.05, 4.69) is 16.0 Å². The standard InChI is InChI=1S/C14H15N3/c15-12-7-3-9-17-14(12)11-6-1-4-10-5-2-8-16-13(10)11/h2-3,5,7-9,11H,1,4,6,15H2. The van der Waals surface area contributed by atoms with Crippen LogP contribution in [0.25, 0.3) is 0 Å². The highest BCUT2D eigenvalue weighted by molar-refractivity contribution is 5.48. The molecule has 1 aliphatic carbocycles. The van der Waals surface area contributed by atoms with Crippen molar-refractivity contribution in [1.82, 2.24) is 9.97 Å². The van der Waals surface area contributed by atoms with Crippen LogP contribution in [0.1, 0.15) is 35.7 Å². The number of aryl methyl sites for hydroxylation is 1. The number of hydrogen-bond acceptors (Lipinski definition) is 3. The number of rotatable bonds is 1. The summed E-state index contributed by atoms with van der Waals surface area (Å²) in [5, 5.41) is 0. The molecule has 0 amide bonds. The Kier molecular flexibility index (Phi) is 2.52. The highest BCUT2D eigenvalue weighted by Gasteiger charge is 2.25. The summed E-state index contributed by atoms with van der Waals surface area (Å²) in [7, 11) is 0. The molecule has 2 aromatic heterocycles. The SMILES string of the molecule is Nc1cccnc1C1CCCc2cccnc21. The van der Waals surface area contributed by atoms with Crippen molar-refractivity contribution in [2.24, 2.45) is 0 Å². The van der Waals surface area contributed by atoms with Gasteiger partial charge in [-0.15, -0.1) is 0 Å². The van der Waals surface area contributed by atoms with Crippen molar-refractivity contribution < 1.29 is 0 Å². The number of nitrogens with two attached hydrogens (primary N) is 1. The van der Waals surface area contributed by atoms with Crippen LogP contribution in [0.2, 0.25) is 0 Å². The lowest BCUT2D eigenvalue weighted by molar-refractivity contribution is 0.589. The second kappa shape index (κ2) is 4.17. The second-order valence-electron chi connectivity index (χ2n) is 4.47. The summed E-state index contributed by atoms with van der Waals surface area (Å²) < 4.78 is 0. The minimum Gasteiger partial charge on any atom is -0.397 e. The summed E-state index contributed by atoms with van der Waals surface area (Å²) in [5.74, 6) is 0.265. The summed E-state index contributed by atoms with van der Waals surface area (Å²) in [4.78, 5) is 8.96. The van der Waals surface area contributed by atoms with Crippen LogP contribution >= 0.6 is 0 Å². The maximum absolute atomic E-state index is 6.02. The molecule has 1 unspecified atom stereocenters. The van der Waals surface area contributed by atoms with Crippen LogP contribution in [0.5, 0.6) is 0 Å². The van der Waals surface area contributed by atoms with E-state index in [1.54, 1.807) is 0 Å². The molecule has 3 rings (SSSR count). The quantitative estimate of drug-likeness (QED) is 0.811. The molecule has 0 bridgehead atoms. The average Bonchev–Trinajstić information content (AvgIpc) is 2.39. The second-order valence-corrected chi connectivity index (χ2v) is 4.47. The smallest absolute Gasteiger partial charge is 0.0723 e. The van der Waals surface area contributed by atoms with Gasteiger partial charge in [-0.25, -0.2) is 0 Å². The van der Waals surface area contributed by atoms with Gasteiger partial charge in [0.15, 0.2) is 0 Å². The number of anilines is 1. The third-order valence-electron chi connectivity index (χ3n) is 3.40. The summed E-state index contributed by atoms with van der Waals surface area (Å²) in [5.41, 5.74) is 10.3. The topological polar surface area (TPSA) is 51.8 Å². The summed E-state index contributed by atoms with van der Waals surface area (Å²) in [6.45, 7) is 0. The third kappa shape index (κ3) is 1.78. The number of pyridine rings is 2. The van der Waals surface area contributed by atoms with E-state index in [9.17, 15) is 0 Å². The van der Waals surface area contributed by atoms with E-state index in [1.807, 2.05) is 30.6 Å². The Hall–Kier alpha value is -1.90. The average molecular weight is 225 g/mol. The zero-order valence-corrected chi connectivity index (χ0v) is 9.63. The molecule has 1 aliphatic rings. The van der Waals surface area contributed by atoms with Crippen LogP contribution in [-0.2, 0) is 6.42 Å².